The van der Waals surface area contributed by atoms with Crippen LogP contribution in [0.2, 0.25) is 0 Å². The number of nitrogens with one attached hydrogen (secondary N) is 6. The molecule has 0 saturated carbocycles. The molecule has 0 aromatic heterocycles. The van der Waals surface area contributed by atoms with E-state index in [0.29, 0.717) is 0 Å². The van der Waals surface area contributed by atoms with E-state index >= 15 is 0 Å². The molecule has 0 spiro atoms. The number of hydrogen-bond acceptors (Lipinski definition) is 8. The third-order valence-corrected chi connectivity index (χ3v) is 4.28. The van der Waals surface area contributed by atoms with Gasteiger partial charge in [-0.25, -0.2) is 4.79 Å². The van der Waals surface area contributed by atoms with Gasteiger partial charge in [0.2, 0.25) is 17.7 Å². The van der Waals surface area contributed by atoms with E-state index in [1.54, 1.807) is 0 Å². The van der Waals surface area contributed by atoms with Crippen LogP contribution in [-0.2, 0) is 33.4 Å². The molecule has 34 heavy (non-hydrogen) atoms. The zero-order chi connectivity index (χ0) is 25.5. The maximum Gasteiger partial charge on any atom is 0.315 e. The summed E-state index contributed by atoms with van der Waals surface area (Å²) in [6.07, 6.45) is -0.300. The zero-order valence-corrected chi connectivity index (χ0v) is 19.2. The van der Waals surface area contributed by atoms with Gasteiger partial charge in [-0.1, -0.05) is 13.8 Å². The largest absolute Gasteiger partial charge is 0.377 e. The normalized spacial score (nSPS) is 22.7. The fourth-order valence-corrected chi connectivity index (χ4v) is 2.73. The highest BCUT2D eigenvalue weighted by Gasteiger charge is 2.26. The number of carbonyl (C=O) groups is 6. The Labute approximate surface area is 196 Å². The van der Waals surface area contributed by atoms with Crippen molar-refractivity contribution in [2.24, 2.45) is 11.7 Å². The Balaban J connectivity index is 2.90. The number of hydrogen-bond donors (Lipinski definition) is 7. The van der Waals surface area contributed by atoms with Gasteiger partial charge in [0.25, 0.3) is 11.8 Å². The molecule has 0 bridgehead atoms. The molecule has 1 aliphatic heterocycles. The number of urea groups is 1. The van der Waals surface area contributed by atoms with Gasteiger partial charge in [0, 0.05) is 6.54 Å². The number of hydrazine groups is 1. The summed E-state index contributed by atoms with van der Waals surface area (Å²) in [5, 5.41) is 9.48. The quantitative estimate of drug-likeness (QED) is 0.209. The number of nitrogens with two attached hydrogens (primary N) is 1. The van der Waals surface area contributed by atoms with E-state index in [1.165, 1.54) is 0 Å². The van der Waals surface area contributed by atoms with Crippen LogP contribution in [0.4, 0.5) is 4.79 Å². The Bertz CT molecular complexity index is 746. The molecule has 192 valence electrons. The first kappa shape index (κ1) is 28.6. The Kier molecular flexibility index (Phi) is 12.9. The Hall–Kier alpha value is -3.46. The third kappa shape index (κ3) is 12.5. The van der Waals surface area contributed by atoms with Gasteiger partial charge >= 0.3 is 6.03 Å². The van der Waals surface area contributed by atoms with Crippen LogP contribution in [0.5, 0.6) is 0 Å². The van der Waals surface area contributed by atoms with E-state index < -0.39 is 60.6 Å². The van der Waals surface area contributed by atoms with Crippen molar-refractivity contribution in [3.63, 3.8) is 0 Å². The summed E-state index contributed by atoms with van der Waals surface area (Å²) in [6, 6.07) is -3.33. The van der Waals surface area contributed by atoms with E-state index in [9.17, 15) is 28.8 Å². The van der Waals surface area contributed by atoms with Crippen molar-refractivity contribution < 1.29 is 38.2 Å². The number of primary amides is 1. The van der Waals surface area contributed by atoms with Gasteiger partial charge in [0.1, 0.15) is 18.7 Å². The van der Waals surface area contributed by atoms with E-state index in [-0.39, 0.29) is 45.3 Å². The number of amides is 7. The molecule has 0 aromatic carbocycles. The molecule has 0 unspecified atom stereocenters. The Morgan fingerprint density at radius 3 is 2.21 bits per heavy atom. The van der Waals surface area contributed by atoms with E-state index in [1.807, 2.05) is 13.8 Å². The first-order valence-corrected chi connectivity index (χ1v) is 10.7. The third-order valence-electron chi connectivity index (χ3n) is 4.28. The molecule has 1 heterocycles. The van der Waals surface area contributed by atoms with Gasteiger partial charge < -0.3 is 36.5 Å². The van der Waals surface area contributed by atoms with Crippen molar-refractivity contribution in [1.82, 2.24) is 32.1 Å². The second-order valence-electron chi connectivity index (χ2n) is 7.79. The second-order valence-corrected chi connectivity index (χ2v) is 7.79. The van der Waals surface area contributed by atoms with E-state index in [2.05, 4.69) is 32.1 Å². The molecule has 1 saturated heterocycles. The Morgan fingerprint density at radius 1 is 0.912 bits per heavy atom. The van der Waals surface area contributed by atoms with Gasteiger partial charge in [0.05, 0.1) is 32.8 Å². The summed E-state index contributed by atoms with van der Waals surface area (Å²) in [6.45, 7) is 3.60. The summed E-state index contributed by atoms with van der Waals surface area (Å²) in [5.41, 5.74) is 9.39. The van der Waals surface area contributed by atoms with Crippen molar-refractivity contribution in [1.29, 1.82) is 0 Å². The molecule has 0 aliphatic carbocycles. The summed E-state index contributed by atoms with van der Waals surface area (Å²) in [5.74, 6) is -3.58. The van der Waals surface area contributed by atoms with Gasteiger partial charge in [-0.05, 0) is 12.3 Å². The average Bonchev–Trinajstić information content (AvgIpc) is 2.75. The fourth-order valence-electron chi connectivity index (χ4n) is 2.73. The molecule has 15 heteroatoms. The second kappa shape index (κ2) is 15.4. The molecule has 15 nitrogen and oxygen atoms in total. The van der Waals surface area contributed by atoms with Crippen molar-refractivity contribution in [2.75, 3.05) is 39.5 Å². The van der Waals surface area contributed by atoms with Crippen LogP contribution < -0.4 is 37.9 Å². The lowest BCUT2D eigenvalue weighted by Crippen LogP contribution is -2.58. The van der Waals surface area contributed by atoms with Gasteiger partial charge in [-0.3, -0.25) is 34.8 Å². The van der Waals surface area contributed by atoms with Crippen LogP contribution in [0.15, 0.2) is 0 Å². The topological polar surface area (TPSA) is 219 Å². The van der Waals surface area contributed by atoms with Crippen molar-refractivity contribution in [3.05, 3.63) is 0 Å². The molecule has 1 fully saturated rings. The summed E-state index contributed by atoms with van der Waals surface area (Å²) in [7, 11) is 0. The van der Waals surface area contributed by atoms with Gasteiger partial charge in [-0.2, -0.15) is 0 Å². The molecule has 0 aromatic rings. The van der Waals surface area contributed by atoms with Crippen molar-refractivity contribution in [2.45, 2.75) is 38.8 Å². The van der Waals surface area contributed by atoms with Gasteiger partial charge in [0.15, 0.2) is 0 Å². The highest BCUT2D eigenvalue weighted by Crippen LogP contribution is 2.05. The summed E-state index contributed by atoms with van der Waals surface area (Å²) in [4.78, 5) is 72.3. The maximum absolute atomic E-state index is 12.5. The van der Waals surface area contributed by atoms with Crippen LogP contribution in [0.1, 0.15) is 26.7 Å². The minimum absolute atomic E-state index is 0.0276. The predicted octanol–water partition coefficient (Wildman–Crippen LogP) is -3.63. The lowest BCUT2D eigenvalue weighted by molar-refractivity contribution is -0.134. The molecule has 2 atom stereocenters. The SMILES string of the molecule is CC(C)C[C@@H]1NC(=O)COCCOCCNC(=O)CNC(=O)N[C@@H](CC(N)=O)C(=O)NNC1=O. The smallest absolute Gasteiger partial charge is 0.315 e. The number of rotatable bonds is 4. The lowest BCUT2D eigenvalue weighted by atomic mass is 10.0. The minimum Gasteiger partial charge on any atom is -0.377 e. The Morgan fingerprint density at radius 2 is 1.56 bits per heavy atom. The van der Waals surface area contributed by atoms with Gasteiger partial charge in [-0.15, -0.1) is 0 Å². The molecular weight excluding hydrogens is 454 g/mol. The van der Waals surface area contributed by atoms with Crippen molar-refractivity contribution >= 4 is 35.6 Å². The average molecular weight is 488 g/mol. The highest BCUT2D eigenvalue weighted by atomic mass is 16.5. The zero-order valence-electron chi connectivity index (χ0n) is 19.2. The molecule has 1 aliphatic rings. The number of carbonyl (C=O) groups excluding carboxylic acids is 6. The predicted molar refractivity (Wildman–Crippen MR) is 116 cm³/mol. The molecular formula is C19H33N7O8. The number of ether oxygens (including phenoxy) is 2. The first-order chi connectivity index (χ1) is 16.1. The fraction of sp³-hybridized carbons (Fsp3) is 0.684. The molecule has 8 N–H and O–H groups in total. The molecule has 7 amide bonds. The highest BCUT2D eigenvalue weighted by molar-refractivity contribution is 5.94. The van der Waals surface area contributed by atoms with Crippen LogP contribution in [-0.4, -0.2) is 87.2 Å². The standard InChI is InChI=1S/C19H33N7O8/c1-11(2)7-12-17(30)25-26-18(31)13(8-14(20)27)24-19(32)22-9-15(28)21-3-4-33-5-6-34-10-16(29)23-12/h11-13H,3-10H2,1-2H3,(H2,20,27)(H,21,28)(H,23,29)(H,25,30)(H,26,31)(H2,22,24,32)/t12-,13-/m0/s1. The van der Waals surface area contributed by atoms with Crippen molar-refractivity contribution in [3.8, 4) is 0 Å². The maximum atomic E-state index is 12.5. The monoisotopic (exact) mass is 487 g/mol. The first-order valence-electron chi connectivity index (χ1n) is 10.7. The van der Waals surface area contributed by atoms with E-state index in [4.69, 9.17) is 15.2 Å². The lowest BCUT2D eigenvalue weighted by Gasteiger charge is -2.22. The van der Waals surface area contributed by atoms with Crippen LogP contribution in [0, 0.1) is 5.92 Å². The van der Waals surface area contributed by atoms with Crippen LogP contribution >= 0.6 is 0 Å². The van der Waals surface area contributed by atoms with E-state index in [0.717, 1.165) is 0 Å². The van der Waals surface area contributed by atoms with Crippen LogP contribution in [0.25, 0.3) is 0 Å². The minimum atomic E-state index is -1.44. The molecule has 1 rings (SSSR count). The van der Waals surface area contributed by atoms with Crippen LogP contribution in [0.3, 0.4) is 0 Å². The summed E-state index contributed by atoms with van der Waals surface area (Å²) < 4.78 is 10.5. The summed E-state index contributed by atoms with van der Waals surface area (Å²) >= 11 is 0. The molecule has 0 radical (unpaired) electrons.